The fourth-order valence-corrected chi connectivity index (χ4v) is 2.86. The van der Waals surface area contributed by atoms with Crippen molar-refractivity contribution >= 4 is 40.7 Å². The van der Waals surface area contributed by atoms with Crippen molar-refractivity contribution in [3.63, 3.8) is 0 Å². The van der Waals surface area contributed by atoms with Crippen LogP contribution in [0.5, 0.6) is 0 Å². The molecule has 0 fully saturated rings. The van der Waals surface area contributed by atoms with Gasteiger partial charge < -0.3 is 5.32 Å². The van der Waals surface area contributed by atoms with E-state index < -0.39 is 5.91 Å². The van der Waals surface area contributed by atoms with Gasteiger partial charge in [-0.25, -0.2) is 0 Å². The van der Waals surface area contributed by atoms with Crippen molar-refractivity contribution in [2.75, 3.05) is 5.32 Å². The second-order valence-electron chi connectivity index (χ2n) is 6.57. The highest BCUT2D eigenvalue weighted by molar-refractivity contribution is 7.80. The number of carbonyl (C=O) groups excluding carboxylic acids is 3. The highest BCUT2D eigenvalue weighted by atomic mass is 32.1. The number of benzene rings is 3. The Labute approximate surface area is 184 Å². The zero-order chi connectivity index (χ0) is 22.2. The molecule has 0 spiro atoms. The molecule has 8 heteroatoms. The van der Waals surface area contributed by atoms with Crippen molar-refractivity contribution in [3.8, 4) is 0 Å². The number of anilines is 1. The van der Waals surface area contributed by atoms with Gasteiger partial charge in [0.1, 0.15) is 0 Å². The van der Waals surface area contributed by atoms with Gasteiger partial charge in [-0.3, -0.25) is 30.6 Å². The summed E-state index contributed by atoms with van der Waals surface area (Å²) in [4.78, 5) is 36.7. The predicted octanol–water partition coefficient (Wildman–Crippen LogP) is 3.20. The van der Waals surface area contributed by atoms with Gasteiger partial charge in [-0.2, -0.15) is 0 Å². The molecule has 0 radical (unpaired) electrons. The molecule has 3 aromatic rings. The zero-order valence-corrected chi connectivity index (χ0v) is 17.5. The second kappa shape index (κ2) is 10.1. The van der Waals surface area contributed by atoms with Gasteiger partial charge >= 0.3 is 0 Å². The summed E-state index contributed by atoms with van der Waals surface area (Å²) in [5.74, 6) is -1.06. The molecule has 3 amide bonds. The average Bonchev–Trinajstić information content (AvgIpc) is 2.78. The fourth-order valence-electron chi connectivity index (χ4n) is 2.71. The molecule has 0 saturated carbocycles. The molecule has 156 valence electrons. The first-order valence-corrected chi connectivity index (χ1v) is 9.78. The van der Waals surface area contributed by atoms with Gasteiger partial charge in [0.15, 0.2) is 5.11 Å². The van der Waals surface area contributed by atoms with E-state index in [1.165, 1.54) is 0 Å². The van der Waals surface area contributed by atoms with Crippen LogP contribution in [0.15, 0.2) is 78.9 Å². The number of amides is 3. The molecule has 0 aliphatic rings. The Kier molecular flexibility index (Phi) is 7.08. The van der Waals surface area contributed by atoms with Gasteiger partial charge in [-0.05, 0) is 67.2 Å². The maximum atomic E-state index is 12.4. The number of rotatable bonds is 4. The third-order valence-corrected chi connectivity index (χ3v) is 4.55. The van der Waals surface area contributed by atoms with Crippen LogP contribution in [0.2, 0.25) is 0 Å². The smallest absolute Gasteiger partial charge is 0.269 e. The summed E-state index contributed by atoms with van der Waals surface area (Å²) in [6.45, 7) is 1.86. The zero-order valence-electron chi connectivity index (χ0n) is 16.6. The van der Waals surface area contributed by atoms with E-state index in [0.29, 0.717) is 22.4 Å². The Hall–Kier alpha value is -4.04. The van der Waals surface area contributed by atoms with Crippen LogP contribution in [0.25, 0.3) is 0 Å². The van der Waals surface area contributed by atoms with Crippen LogP contribution in [0, 0.1) is 6.92 Å². The molecule has 0 atom stereocenters. The summed E-state index contributed by atoms with van der Waals surface area (Å²) < 4.78 is 0. The van der Waals surface area contributed by atoms with Crippen molar-refractivity contribution < 1.29 is 14.4 Å². The van der Waals surface area contributed by atoms with Gasteiger partial charge in [0.25, 0.3) is 17.7 Å². The number of hydrazine groups is 1. The van der Waals surface area contributed by atoms with E-state index in [0.717, 1.165) is 5.56 Å². The van der Waals surface area contributed by atoms with Crippen LogP contribution in [0.1, 0.15) is 36.6 Å². The number of hydrogen-bond donors (Lipinski definition) is 4. The van der Waals surface area contributed by atoms with Crippen LogP contribution in [0.4, 0.5) is 5.69 Å². The summed E-state index contributed by atoms with van der Waals surface area (Å²) in [7, 11) is 0. The number of thiocarbonyl (C=S) groups is 1. The summed E-state index contributed by atoms with van der Waals surface area (Å²) >= 11 is 5.02. The minimum atomic E-state index is -0.451. The topological polar surface area (TPSA) is 99.3 Å². The molecule has 0 unspecified atom stereocenters. The maximum absolute atomic E-state index is 12.4. The fraction of sp³-hybridized carbons (Fsp3) is 0.0435. The first-order chi connectivity index (χ1) is 14.9. The summed E-state index contributed by atoms with van der Waals surface area (Å²) in [6.07, 6.45) is 0. The van der Waals surface area contributed by atoms with Gasteiger partial charge in [0.2, 0.25) is 0 Å². The molecule has 0 bridgehead atoms. The summed E-state index contributed by atoms with van der Waals surface area (Å²) in [5, 5.41) is 5.23. The Bertz CT molecular complexity index is 1120. The monoisotopic (exact) mass is 432 g/mol. The third kappa shape index (κ3) is 5.97. The first-order valence-electron chi connectivity index (χ1n) is 9.38. The normalized spacial score (nSPS) is 9.97. The molecule has 3 aromatic carbocycles. The van der Waals surface area contributed by atoms with Crippen molar-refractivity contribution in [3.05, 3.63) is 101 Å². The van der Waals surface area contributed by atoms with Gasteiger partial charge in [0.05, 0.1) is 0 Å². The molecule has 0 heterocycles. The Morgan fingerprint density at radius 2 is 1.29 bits per heavy atom. The van der Waals surface area contributed by atoms with E-state index in [4.69, 9.17) is 12.2 Å². The molecule has 7 nitrogen and oxygen atoms in total. The van der Waals surface area contributed by atoms with Crippen molar-refractivity contribution in [2.24, 2.45) is 0 Å². The summed E-state index contributed by atoms with van der Waals surface area (Å²) in [5.41, 5.74) is 7.71. The van der Waals surface area contributed by atoms with E-state index in [1.54, 1.807) is 66.7 Å². The summed E-state index contributed by atoms with van der Waals surface area (Å²) in [6, 6.07) is 22.2. The van der Waals surface area contributed by atoms with Crippen LogP contribution in [0.3, 0.4) is 0 Å². The quantitative estimate of drug-likeness (QED) is 0.375. The lowest BCUT2D eigenvalue weighted by atomic mass is 10.1. The predicted molar refractivity (Wildman–Crippen MR) is 123 cm³/mol. The largest absolute Gasteiger partial charge is 0.322 e. The van der Waals surface area contributed by atoms with E-state index in [-0.39, 0.29) is 16.9 Å². The van der Waals surface area contributed by atoms with Gasteiger partial charge in [-0.15, -0.1) is 0 Å². The van der Waals surface area contributed by atoms with E-state index in [1.807, 2.05) is 19.1 Å². The highest BCUT2D eigenvalue weighted by Crippen LogP contribution is 2.13. The Balaban J connectivity index is 1.51. The minimum Gasteiger partial charge on any atom is -0.322 e. The van der Waals surface area contributed by atoms with Crippen LogP contribution in [-0.2, 0) is 0 Å². The van der Waals surface area contributed by atoms with Gasteiger partial charge in [0, 0.05) is 22.4 Å². The number of carbonyl (C=O) groups is 3. The molecule has 3 rings (SSSR count). The molecule has 0 aromatic heterocycles. The number of nitrogens with one attached hydrogen (secondary N) is 4. The van der Waals surface area contributed by atoms with E-state index in [9.17, 15) is 14.4 Å². The average molecular weight is 433 g/mol. The molecule has 4 N–H and O–H groups in total. The maximum Gasteiger partial charge on any atom is 0.269 e. The SMILES string of the molecule is Cc1ccccc1C(=O)Nc1ccc(C(=O)NNC(=S)NC(=O)c2ccccc2)cc1. The van der Waals surface area contributed by atoms with Crippen LogP contribution < -0.4 is 21.5 Å². The lowest BCUT2D eigenvalue weighted by Gasteiger charge is -2.11. The number of aryl methyl sites for hydroxylation is 1. The molecular weight excluding hydrogens is 412 g/mol. The Morgan fingerprint density at radius 3 is 1.97 bits per heavy atom. The van der Waals surface area contributed by atoms with E-state index in [2.05, 4.69) is 21.5 Å². The van der Waals surface area contributed by atoms with Crippen LogP contribution >= 0.6 is 12.2 Å². The lowest BCUT2D eigenvalue weighted by molar-refractivity contribution is 0.0934. The van der Waals surface area contributed by atoms with Crippen LogP contribution in [-0.4, -0.2) is 22.8 Å². The van der Waals surface area contributed by atoms with Gasteiger partial charge in [-0.1, -0.05) is 36.4 Å². The minimum absolute atomic E-state index is 0.0377. The molecule has 31 heavy (non-hydrogen) atoms. The second-order valence-corrected chi connectivity index (χ2v) is 6.98. The molecule has 0 aliphatic heterocycles. The van der Waals surface area contributed by atoms with Crippen molar-refractivity contribution in [1.82, 2.24) is 16.2 Å². The molecule has 0 saturated heterocycles. The molecular formula is C23H20N4O3S. The highest BCUT2D eigenvalue weighted by Gasteiger charge is 2.11. The standard InChI is InChI=1S/C23H20N4O3S/c1-15-7-5-6-10-19(15)22(30)24-18-13-11-17(12-14-18)21(29)26-27-23(31)25-20(28)16-8-3-2-4-9-16/h2-14H,1H3,(H,24,30)(H,26,29)(H2,25,27,28,31). The number of hydrogen-bond acceptors (Lipinski definition) is 4. The molecule has 0 aliphatic carbocycles. The first kappa shape index (κ1) is 21.7. The third-order valence-electron chi connectivity index (χ3n) is 4.35. The van der Waals surface area contributed by atoms with Crippen molar-refractivity contribution in [2.45, 2.75) is 6.92 Å². The van der Waals surface area contributed by atoms with Crippen molar-refractivity contribution in [1.29, 1.82) is 0 Å². The Morgan fingerprint density at radius 1 is 0.677 bits per heavy atom. The van der Waals surface area contributed by atoms with E-state index >= 15 is 0 Å². The lowest BCUT2D eigenvalue weighted by Crippen LogP contribution is -2.48.